The molecule has 1 unspecified atom stereocenters. The number of aromatic amines is 1. The van der Waals surface area contributed by atoms with Crippen molar-refractivity contribution in [3.05, 3.63) is 40.0 Å². The van der Waals surface area contributed by atoms with Crippen LogP contribution in [0.1, 0.15) is 28.2 Å². The Morgan fingerprint density at radius 1 is 1.56 bits per heavy atom. The average molecular weight is 310 g/mol. The first kappa shape index (κ1) is 11.5. The molecule has 2 N–H and O–H groups in total. The second-order valence-corrected chi connectivity index (χ2v) is 5.17. The Kier molecular flexibility index (Phi) is 2.95. The van der Waals surface area contributed by atoms with Crippen LogP contribution in [0.25, 0.3) is 0 Å². The predicted molar refractivity (Wildman–Crippen MR) is 68.3 cm³/mol. The van der Waals surface area contributed by atoms with Gasteiger partial charge in [-0.05, 0) is 46.5 Å². The third-order valence-electron chi connectivity index (χ3n) is 3.15. The van der Waals surface area contributed by atoms with Crippen LogP contribution in [0.2, 0.25) is 0 Å². The topological polar surface area (TPSA) is 70.9 Å². The summed E-state index contributed by atoms with van der Waals surface area (Å²) in [4.78, 5) is 11.9. The predicted octanol–water partition coefficient (Wildman–Crippen LogP) is 2.05. The van der Waals surface area contributed by atoms with Gasteiger partial charge in [-0.25, -0.2) is 0 Å². The summed E-state index contributed by atoms with van der Waals surface area (Å²) in [6.07, 6.45) is 4.53. The summed E-state index contributed by atoms with van der Waals surface area (Å²) in [6.45, 7) is 0. The highest BCUT2D eigenvalue weighted by molar-refractivity contribution is 9.10. The van der Waals surface area contributed by atoms with Crippen molar-refractivity contribution in [2.45, 2.75) is 25.3 Å². The van der Waals surface area contributed by atoms with Crippen molar-refractivity contribution in [1.29, 1.82) is 0 Å². The zero-order chi connectivity index (χ0) is 12.5. The first-order valence-electron chi connectivity index (χ1n) is 5.79. The summed E-state index contributed by atoms with van der Waals surface area (Å²) in [6, 6.07) is 3.50. The second-order valence-electron chi connectivity index (χ2n) is 4.39. The fraction of sp³-hybridized carbons (Fsp3) is 0.333. The number of nitrogens with zero attached hydrogens (tertiary/aromatic N) is 1. The van der Waals surface area contributed by atoms with Crippen molar-refractivity contribution in [3.63, 3.8) is 0 Å². The van der Waals surface area contributed by atoms with Crippen LogP contribution >= 0.6 is 15.9 Å². The van der Waals surface area contributed by atoms with Gasteiger partial charge in [-0.3, -0.25) is 9.89 Å². The van der Waals surface area contributed by atoms with E-state index >= 15 is 0 Å². The van der Waals surface area contributed by atoms with Gasteiger partial charge in [0.2, 0.25) is 0 Å². The van der Waals surface area contributed by atoms with Gasteiger partial charge in [0.05, 0.1) is 6.20 Å². The summed E-state index contributed by atoms with van der Waals surface area (Å²) >= 11 is 3.18. The number of hydrogen-bond donors (Lipinski definition) is 2. The van der Waals surface area contributed by atoms with E-state index in [-0.39, 0.29) is 11.9 Å². The number of furan rings is 1. The molecule has 0 aromatic carbocycles. The van der Waals surface area contributed by atoms with Gasteiger partial charge < -0.3 is 9.73 Å². The maximum atomic E-state index is 11.9. The Balaban J connectivity index is 1.66. The van der Waals surface area contributed by atoms with Crippen LogP contribution in [0, 0.1) is 0 Å². The van der Waals surface area contributed by atoms with Crippen LogP contribution in [0.5, 0.6) is 0 Å². The Morgan fingerprint density at radius 2 is 2.44 bits per heavy atom. The van der Waals surface area contributed by atoms with E-state index in [1.807, 2.05) is 6.20 Å². The lowest BCUT2D eigenvalue weighted by Crippen LogP contribution is -2.38. The lowest BCUT2D eigenvalue weighted by atomic mass is 9.94. The molecule has 0 fully saturated rings. The molecule has 0 saturated heterocycles. The number of fused-ring (bicyclic) bond motifs is 1. The van der Waals surface area contributed by atoms with Crippen molar-refractivity contribution in [1.82, 2.24) is 15.5 Å². The summed E-state index contributed by atoms with van der Waals surface area (Å²) in [5.74, 6) is 0.158. The summed E-state index contributed by atoms with van der Waals surface area (Å²) in [5.41, 5.74) is 2.37. The van der Waals surface area contributed by atoms with Gasteiger partial charge in [-0.1, -0.05) is 0 Å². The SMILES string of the molecule is O=C(NC1CCc2cn[nH]c2C1)c1ccc(Br)o1. The minimum atomic E-state index is -0.173. The van der Waals surface area contributed by atoms with Crippen molar-refractivity contribution >= 4 is 21.8 Å². The van der Waals surface area contributed by atoms with Gasteiger partial charge >= 0.3 is 0 Å². The van der Waals surface area contributed by atoms with Crippen molar-refractivity contribution in [3.8, 4) is 0 Å². The van der Waals surface area contributed by atoms with E-state index < -0.39 is 0 Å². The largest absolute Gasteiger partial charge is 0.444 e. The highest BCUT2D eigenvalue weighted by Crippen LogP contribution is 2.20. The normalized spacial score (nSPS) is 18.4. The minimum Gasteiger partial charge on any atom is -0.444 e. The molecule has 18 heavy (non-hydrogen) atoms. The first-order chi connectivity index (χ1) is 8.72. The monoisotopic (exact) mass is 309 g/mol. The van der Waals surface area contributed by atoms with Crippen LogP contribution in [0.4, 0.5) is 0 Å². The number of carbonyl (C=O) groups excluding carboxylic acids is 1. The molecule has 1 atom stereocenters. The molecule has 3 rings (SSSR count). The molecule has 6 heteroatoms. The third kappa shape index (κ3) is 2.20. The maximum absolute atomic E-state index is 11.9. The molecule has 0 bridgehead atoms. The van der Waals surface area contributed by atoms with E-state index in [0.717, 1.165) is 25.0 Å². The lowest BCUT2D eigenvalue weighted by molar-refractivity contribution is 0.0904. The molecule has 1 aliphatic rings. The van der Waals surface area contributed by atoms with Crippen molar-refractivity contribution in [2.75, 3.05) is 0 Å². The number of nitrogens with one attached hydrogen (secondary N) is 2. The van der Waals surface area contributed by atoms with Gasteiger partial charge in [-0.15, -0.1) is 0 Å². The summed E-state index contributed by atoms with van der Waals surface area (Å²) in [7, 11) is 0. The van der Waals surface area contributed by atoms with E-state index in [1.165, 1.54) is 5.56 Å². The smallest absolute Gasteiger partial charge is 0.287 e. The van der Waals surface area contributed by atoms with Gasteiger partial charge in [-0.2, -0.15) is 5.10 Å². The van der Waals surface area contributed by atoms with E-state index in [0.29, 0.717) is 10.4 Å². The quantitative estimate of drug-likeness (QED) is 0.892. The van der Waals surface area contributed by atoms with Gasteiger partial charge in [0.1, 0.15) is 0 Å². The Morgan fingerprint density at radius 3 is 3.22 bits per heavy atom. The zero-order valence-electron chi connectivity index (χ0n) is 9.57. The molecule has 1 aliphatic carbocycles. The number of aryl methyl sites for hydroxylation is 1. The molecule has 0 radical (unpaired) electrons. The van der Waals surface area contributed by atoms with Crippen LogP contribution in [-0.4, -0.2) is 22.1 Å². The van der Waals surface area contributed by atoms with Gasteiger partial charge in [0.15, 0.2) is 10.4 Å². The van der Waals surface area contributed by atoms with Crippen molar-refractivity contribution < 1.29 is 9.21 Å². The molecule has 0 spiro atoms. The number of aromatic nitrogens is 2. The highest BCUT2D eigenvalue weighted by atomic mass is 79.9. The molecule has 2 aromatic rings. The van der Waals surface area contributed by atoms with Crippen LogP contribution in [-0.2, 0) is 12.8 Å². The molecule has 0 aliphatic heterocycles. The first-order valence-corrected chi connectivity index (χ1v) is 6.59. The number of hydrogen-bond acceptors (Lipinski definition) is 3. The maximum Gasteiger partial charge on any atom is 0.287 e. The molecular weight excluding hydrogens is 298 g/mol. The van der Waals surface area contributed by atoms with Gasteiger partial charge in [0, 0.05) is 18.2 Å². The number of carbonyl (C=O) groups is 1. The number of H-pyrrole nitrogens is 1. The third-order valence-corrected chi connectivity index (χ3v) is 3.58. The molecule has 1 amide bonds. The fourth-order valence-electron chi connectivity index (χ4n) is 2.22. The van der Waals surface area contributed by atoms with E-state index in [4.69, 9.17) is 4.42 Å². The molecule has 0 saturated carbocycles. The Bertz CT molecular complexity index is 575. The Labute approximate surface area is 112 Å². The van der Waals surface area contributed by atoms with Crippen LogP contribution in [0.3, 0.4) is 0 Å². The molecular formula is C12H12BrN3O2. The van der Waals surface area contributed by atoms with Gasteiger partial charge in [0.25, 0.3) is 5.91 Å². The van der Waals surface area contributed by atoms with E-state index in [2.05, 4.69) is 31.4 Å². The van der Waals surface area contributed by atoms with Crippen LogP contribution < -0.4 is 5.32 Å². The molecule has 94 valence electrons. The molecule has 5 nitrogen and oxygen atoms in total. The lowest BCUT2D eigenvalue weighted by Gasteiger charge is -2.22. The van der Waals surface area contributed by atoms with E-state index in [1.54, 1.807) is 12.1 Å². The average Bonchev–Trinajstić information content (AvgIpc) is 2.96. The molecule has 2 heterocycles. The zero-order valence-corrected chi connectivity index (χ0v) is 11.2. The number of rotatable bonds is 2. The molecule has 2 aromatic heterocycles. The number of amides is 1. The number of halogens is 1. The standard InChI is InChI=1S/C12H12BrN3O2/c13-11-4-3-10(18-11)12(17)15-8-2-1-7-6-14-16-9(7)5-8/h3-4,6,8H,1-2,5H2,(H,14,16)(H,15,17). The summed E-state index contributed by atoms with van der Waals surface area (Å²) < 4.78 is 5.79. The van der Waals surface area contributed by atoms with Crippen molar-refractivity contribution in [2.24, 2.45) is 0 Å². The fourth-order valence-corrected chi connectivity index (χ4v) is 2.53. The second kappa shape index (κ2) is 4.61. The Hall–Kier alpha value is -1.56. The summed E-state index contributed by atoms with van der Waals surface area (Å²) in [5, 5.41) is 9.97. The van der Waals surface area contributed by atoms with E-state index in [9.17, 15) is 4.79 Å². The van der Waals surface area contributed by atoms with Crippen LogP contribution in [0.15, 0.2) is 27.4 Å². The minimum absolute atomic E-state index is 0.134. The highest BCUT2D eigenvalue weighted by Gasteiger charge is 2.22.